The molecule has 1 fully saturated rings. The average molecular weight is 276 g/mol. The number of carbonyl (C=O) groups excluding carboxylic acids is 1. The van der Waals surface area contributed by atoms with Crippen molar-refractivity contribution in [3.05, 3.63) is 29.7 Å². The third-order valence-corrected chi connectivity index (χ3v) is 3.80. The van der Waals surface area contributed by atoms with Gasteiger partial charge < -0.3 is 9.73 Å². The molecule has 1 amide bonds. The second-order valence-electron chi connectivity index (χ2n) is 4.76. The van der Waals surface area contributed by atoms with Crippen molar-refractivity contribution in [3.8, 4) is 0 Å². The molecule has 1 heterocycles. The fraction of sp³-hybridized carbons (Fsp3) is 0.429. The van der Waals surface area contributed by atoms with Crippen LogP contribution in [0.5, 0.6) is 0 Å². The van der Waals surface area contributed by atoms with Crippen molar-refractivity contribution < 1.29 is 9.21 Å². The molecule has 1 aliphatic carbocycles. The highest BCUT2D eigenvalue weighted by atomic mass is 32.2. The number of carbonyl (C=O) groups is 1. The Balaban J connectivity index is 1.78. The number of amides is 1. The highest BCUT2D eigenvalue weighted by Crippen LogP contribution is 2.40. The molecule has 0 atom stereocenters. The van der Waals surface area contributed by atoms with E-state index in [0.717, 1.165) is 30.0 Å². The number of thioether (sulfide) groups is 1. The van der Waals surface area contributed by atoms with E-state index in [-0.39, 0.29) is 5.91 Å². The van der Waals surface area contributed by atoms with Crippen LogP contribution in [0.25, 0.3) is 11.1 Å². The summed E-state index contributed by atoms with van der Waals surface area (Å²) in [6.45, 7) is 0.682. The third kappa shape index (κ3) is 2.76. The average Bonchev–Trinajstić information content (AvgIpc) is 3.18. The molecule has 0 aliphatic heterocycles. The molecule has 5 heteroatoms. The lowest BCUT2D eigenvalue weighted by atomic mass is 10.2. The van der Waals surface area contributed by atoms with E-state index in [1.807, 2.05) is 12.3 Å². The van der Waals surface area contributed by atoms with Crippen LogP contribution >= 0.6 is 11.8 Å². The van der Waals surface area contributed by atoms with Crippen LogP contribution < -0.4 is 5.32 Å². The monoisotopic (exact) mass is 276 g/mol. The highest BCUT2D eigenvalue weighted by Gasteiger charge is 2.28. The Hall–Kier alpha value is -1.49. The highest BCUT2D eigenvalue weighted by molar-refractivity contribution is 7.98. The van der Waals surface area contributed by atoms with Crippen LogP contribution in [0.2, 0.25) is 0 Å². The normalized spacial score (nSPS) is 14.8. The minimum Gasteiger partial charge on any atom is -0.440 e. The van der Waals surface area contributed by atoms with Crippen LogP contribution in [0.15, 0.2) is 22.6 Å². The number of nitrogens with one attached hydrogen (secondary N) is 1. The molecular formula is C14H16N2O2S. The Morgan fingerprint density at radius 1 is 1.53 bits per heavy atom. The maximum absolute atomic E-state index is 11.9. The topological polar surface area (TPSA) is 55.1 Å². The zero-order valence-corrected chi connectivity index (χ0v) is 11.6. The fourth-order valence-corrected chi connectivity index (χ4v) is 2.26. The van der Waals surface area contributed by atoms with Gasteiger partial charge in [0.1, 0.15) is 5.52 Å². The first kappa shape index (κ1) is 12.5. The molecular weight excluding hydrogens is 260 g/mol. The maximum Gasteiger partial charge on any atom is 0.251 e. The molecule has 2 aromatic rings. The lowest BCUT2D eigenvalue weighted by Gasteiger charge is -2.03. The van der Waals surface area contributed by atoms with E-state index in [9.17, 15) is 4.79 Å². The molecule has 0 bridgehead atoms. The van der Waals surface area contributed by atoms with Crippen molar-refractivity contribution in [3.63, 3.8) is 0 Å². The van der Waals surface area contributed by atoms with Gasteiger partial charge in [0.05, 0.1) is 0 Å². The van der Waals surface area contributed by atoms with Gasteiger partial charge in [-0.15, -0.1) is 0 Å². The fourth-order valence-electron chi connectivity index (χ4n) is 1.96. The summed E-state index contributed by atoms with van der Waals surface area (Å²) in [6.07, 6.45) is 4.34. The predicted molar refractivity (Wildman–Crippen MR) is 76.7 cm³/mol. The van der Waals surface area contributed by atoms with Gasteiger partial charge in [0.15, 0.2) is 11.5 Å². The lowest BCUT2D eigenvalue weighted by molar-refractivity contribution is 0.0956. The summed E-state index contributed by atoms with van der Waals surface area (Å²) >= 11 is 1.71. The molecule has 0 spiro atoms. The molecule has 1 N–H and O–H groups in total. The Labute approximate surface area is 116 Å². The van der Waals surface area contributed by atoms with Gasteiger partial charge in [0, 0.05) is 23.8 Å². The minimum absolute atomic E-state index is 0.0553. The SMILES string of the molecule is CSCCNC(=O)c1ccc2nc(C3CC3)oc2c1. The minimum atomic E-state index is -0.0553. The Morgan fingerprint density at radius 3 is 3.11 bits per heavy atom. The Kier molecular flexibility index (Phi) is 3.46. The standard InChI is InChI=1S/C14H16N2O2S/c1-19-7-6-15-13(17)10-4-5-11-12(8-10)18-14(16-11)9-2-3-9/h4-5,8-9H,2-3,6-7H2,1H3,(H,15,17). The third-order valence-electron chi connectivity index (χ3n) is 3.19. The summed E-state index contributed by atoms with van der Waals surface area (Å²) in [5, 5.41) is 2.88. The zero-order valence-electron chi connectivity index (χ0n) is 10.8. The summed E-state index contributed by atoms with van der Waals surface area (Å²) in [5.41, 5.74) is 2.18. The Bertz CT molecular complexity index is 605. The zero-order chi connectivity index (χ0) is 13.2. The number of benzene rings is 1. The summed E-state index contributed by atoms with van der Waals surface area (Å²) in [5.74, 6) is 2.17. The molecule has 0 radical (unpaired) electrons. The van der Waals surface area contributed by atoms with Gasteiger partial charge in [0.2, 0.25) is 0 Å². The lowest BCUT2D eigenvalue weighted by Crippen LogP contribution is -2.25. The van der Waals surface area contributed by atoms with E-state index in [1.165, 1.54) is 0 Å². The first-order chi connectivity index (χ1) is 9.28. The number of hydrogen-bond donors (Lipinski definition) is 1. The van der Waals surface area contributed by atoms with Gasteiger partial charge in [-0.1, -0.05) is 0 Å². The van der Waals surface area contributed by atoms with Crippen LogP contribution in [0, 0.1) is 0 Å². The summed E-state index contributed by atoms with van der Waals surface area (Å²) < 4.78 is 5.71. The molecule has 1 aromatic heterocycles. The van der Waals surface area contributed by atoms with E-state index in [4.69, 9.17) is 4.42 Å². The van der Waals surface area contributed by atoms with Crippen molar-refractivity contribution in [2.75, 3.05) is 18.6 Å². The molecule has 1 saturated carbocycles. The molecule has 3 rings (SSSR count). The first-order valence-corrected chi connectivity index (χ1v) is 7.85. The summed E-state index contributed by atoms with van der Waals surface area (Å²) in [4.78, 5) is 16.4. The molecule has 0 saturated heterocycles. The molecule has 1 aliphatic rings. The van der Waals surface area contributed by atoms with E-state index >= 15 is 0 Å². The second kappa shape index (κ2) is 5.25. The summed E-state index contributed by atoms with van der Waals surface area (Å²) in [6, 6.07) is 5.44. The van der Waals surface area contributed by atoms with Crippen LogP contribution in [0.1, 0.15) is 35.0 Å². The molecule has 4 nitrogen and oxygen atoms in total. The van der Waals surface area contributed by atoms with Crippen molar-refractivity contribution in [2.24, 2.45) is 0 Å². The second-order valence-corrected chi connectivity index (χ2v) is 5.74. The van der Waals surface area contributed by atoms with Crippen LogP contribution in [0.3, 0.4) is 0 Å². The van der Waals surface area contributed by atoms with Gasteiger partial charge in [-0.3, -0.25) is 4.79 Å². The van der Waals surface area contributed by atoms with Crippen molar-refractivity contribution in [2.45, 2.75) is 18.8 Å². The molecule has 100 valence electrons. The number of rotatable bonds is 5. The van der Waals surface area contributed by atoms with Gasteiger partial charge in [-0.25, -0.2) is 4.98 Å². The number of fused-ring (bicyclic) bond motifs is 1. The number of oxazole rings is 1. The van der Waals surface area contributed by atoms with Gasteiger partial charge in [-0.2, -0.15) is 11.8 Å². The largest absolute Gasteiger partial charge is 0.440 e. The van der Waals surface area contributed by atoms with Crippen LogP contribution in [-0.4, -0.2) is 29.4 Å². The van der Waals surface area contributed by atoms with Gasteiger partial charge in [-0.05, 0) is 37.3 Å². The predicted octanol–water partition coefficient (Wildman–Crippen LogP) is 2.80. The first-order valence-electron chi connectivity index (χ1n) is 6.45. The number of nitrogens with zero attached hydrogens (tertiary/aromatic N) is 1. The quantitative estimate of drug-likeness (QED) is 0.853. The van der Waals surface area contributed by atoms with Crippen molar-refractivity contribution in [1.29, 1.82) is 0 Å². The van der Waals surface area contributed by atoms with E-state index < -0.39 is 0 Å². The molecule has 1 aromatic carbocycles. The van der Waals surface area contributed by atoms with Gasteiger partial charge >= 0.3 is 0 Å². The number of aromatic nitrogens is 1. The van der Waals surface area contributed by atoms with Crippen molar-refractivity contribution >= 4 is 28.8 Å². The molecule has 19 heavy (non-hydrogen) atoms. The number of hydrogen-bond acceptors (Lipinski definition) is 4. The van der Waals surface area contributed by atoms with Gasteiger partial charge in [0.25, 0.3) is 5.91 Å². The smallest absolute Gasteiger partial charge is 0.251 e. The molecule has 0 unspecified atom stereocenters. The summed E-state index contributed by atoms with van der Waals surface area (Å²) in [7, 11) is 0. The van der Waals surface area contributed by atoms with Crippen LogP contribution in [-0.2, 0) is 0 Å². The van der Waals surface area contributed by atoms with E-state index in [1.54, 1.807) is 23.9 Å². The van der Waals surface area contributed by atoms with E-state index in [2.05, 4.69) is 10.3 Å². The maximum atomic E-state index is 11.9. The van der Waals surface area contributed by atoms with Crippen LogP contribution in [0.4, 0.5) is 0 Å². The van der Waals surface area contributed by atoms with Crippen molar-refractivity contribution in [1.82, 2.24) is 10.3 Å². The Morgan fingerprint density at radius 2 is 2.37 bits per heavy atom. The van der Waals surface area contributed by atoms with E-state index in [0.29, 0.717) is 23.6 Å².